The highest BCUT2D eigenvalue weighted by atomic mass is 16.5. The number of aliphatic hydroxyl groups is 1. The lowest BCUT2D eigenvalue weighted by molar-refractivity contribution is 0.121. The lowest BCUT2D eigenvalue weighted by Gasteiger charge is -2.22. The van der Waals surface area contributed by atoms with Crippen LogP contribution in [0.4, 0.5) is 0 Å². The van der Waals surface area contributed by atoms with Crippen molar-refractivity contribution in [3.63, 3.8) is 0 Å². The van der Waals surface area contributed by atoms with Gasteiger partial charge in [-0.3, -0.25) is 4.90 Å². The third kappa shape index (κ3) is 3.24. The second kappa shape index (κ2) is 5.29. The summed E-state index contributed by atoms with van der Waals surface area (Å²) >= 11 is 0. The van der Waals surface area contributed by atoms with Crippen molar-refractivity contribution in [2.24, 2.45) is 5.41 Å². The van der Waals surface area contributed by atoms with Crippen LogP contribution in [0.3, 0.4) is 0 Å². The third-order valence-electron chi connectivity index (χ3n) is 3.69. The molecular formula is C15H23NO2. The summed E-state index contributed by atoms with van der Waals surface area (Å²) in [6, 6.07) is 7.66. The van der Waals surface area contributed by atoms with Crippen LogP contribution in [0.1, 0.15) is 31.9 Å². The molecule has 1 heterocycles. The number of hydrogen-bond acceptors (Lipinski definition) is 3. The molecule has 1 aromatic carbocycles. The normalized spacial score (nSPS) is 20.9. The molecule has 0 bridgehead atoms. The van der Waals surface area contributed by atoms with Crippen LogP contribution in [0.5, 0.6) is 5.75 Å². The molecule has 1 saturated heterocycles. The molecule has 0 saturated carbocycles. The van der Waals surface area contributed by atoms with Gasteiger partial charge in [-0.25, -0.2) is 0 Å². The van der Waals surface area contributed by atoms with Gasteiger partial charge >= 0.3 is 0 Å². The van der Waals surface area contributed by atoms with Gasteiger partial charge in [0.05, 0.1) is 13.2 Å². The molecule has 100 valence electrons. The molecule has 0 amide bonds. The fraction of sp³-hybridized carbons (Fsp3) is 0.600. The predicted octanol–water partition coefficient (Wildman–Crippen LogP) is 2.46. The standard InChI is InChI=1S/C15H23NO2/c1-15(2)8-9-16(11-15)10-14(17)12-4-6-13(18-3)7-5-12/h4-7,14,17H,8-11H2,1-3H3. The number of methoxy groups -OCH3 is 1. The van der Waals surface area contributed by atoms with E-state index >= 15 is 0 Å². The summed E-state index contributed by atoms with van der Waals surface area (Å²) in [5.74, 6) is 0.827. The molecular weight excluding hydrogens is 226 g/mol. The summed E-state index contributed by atoms with van der Waals surface area (Å²) in [6.45, 7) is 7.44. The molecule has 2 rings (SSSR count). The summed E-state index contributed by atoms with van der Waals surface area (Å²) in [5.41, 5.74) is 1.35. The zero-order valence-corrected chi connectivity index (χ0v) is 11.5. The third-order valence-corrected chi connectivity index (χ3v) is 3.69. The van der Waals surface area contributed by atoms with Crippen LogP contribution in [-0.4, -0.2) is 36.8 Å². The molecule has 0 spiro atoms. The predicted molar refractivity (Wildman–Crippen MR) is 72.8 cm³/mol. The molecule has 1 atom stereocenters. The molecule has 1 aliphatic heterocycles. The number of aliphatic hydroxyl groups excluding tert-OH is 1. The minimum absolute atomic E-state index is 0.389. The Kier molecular flexibility index (Phi) is 3.93. The second-order valence-electron chi connectivity index (χ2n) is 5.94. The van der Waals surface area contributed by atoms with Crippen LogP contribution >= 0.6 is 0 Å². The number of ether oxygens (including phenoxy) is 1. The first-order valence-electron chi connectivity index (χ1n) is 6.54. The van der Waals surface area contributed by atoms with Gasteiger partial charge in [-0.05, 0) is 36.1 Å². The molecule has 0 radical (unpaired) electrons. The minimum Gasteiger partial charge on any atom is -0.497 e. The first-order valence-corrected chi connectivity index (χ1v) is 6.54. The van der Waals surface area contributed by atoms with Crippen LogP contribution in [-0.2, 0) is 0 Å². The van der Waals surface area contributed by atoms with Crippen molar-refractivity contribution in [1.82, 2.24) is 4.90 Å². The molecule has 3 heteroatoms. The van der Waals surface area contributed by atoms with Crippen molar-refractivity contribution in [3.8, 4) is 5.75 Å². The highest BCUT2D eigenvalue weighted by Gasteiger charge is 2.30. The maximum atomic E-state index is 10.2. The smallest absolute Gasteiger partial charge is 0.118 e. The van der Waals surface area contributed by atoms with E-state index in [-0.39, 0.29) is 0 Å². The molecule has 1 aliphatic rings. The van der Waals surface area contributed by atoms with Gasteiger partial charge in [0.2, 0.25) is 0 Å². The van der Waals surface area contributed by atoms with Crippen LogP contribution in [0.2, 0.25) is 0 Å². The van der Waals surface area contributed by atoms with E-state index in [4.69, 9.17) is 4.74 Å². The maximum Gasteiger partial charge on any atom is 0.118 e. The van der Waals surface area contributed by atoms with Crippen LogP contribution in [0.15, 0.2) is 24.3 Å². The Bertz CT molecular complexity index is 386. The summed E-state index contributed by atoms with van der Waals surface area (Å²) < 4.78 is 5.12. The fourth-order valence-electron chi connectivity index (χ4n) is 2.56. The van der Waals surface area contributed by atoms with Crippen LogP contribution < -0.4 is 4.74 Å². The Balaban J connectivity index is 1.93. The first kappa shape index (κ1) is 13.4. The van der Waals surface area contributed by atoms with Crippen LogP contribution in [0.25, 0.3) is 0 Å². The van der Waals surface area contributed by atoms with E-state index in [9.17, 15) is 5.11 Å². The van der Waals surface area contributed by atoms with E-state index < -0.39 is 6.10 Å². The fourth-order valence-corrected chi connectivity index (χ4v) is 2.56. The summed E-state index contributed by atoms with van der Waals surface area (Å²) in [5, 5.41) is 10.2. The Morgan fingerprint density at radius 2 is 2.00 bits per heavy atom. The molecule has 3 nitrogen and oxygen atoms in total. The molecule has 18 heavy (non-hydrogen) atoms. The Labute approximate surface area is 109 Å². The van der Waals surface area contributed by atoms with Gasteiger partial charge in [-0.1, -0.05) is 26.0 Å². The maximum absolute atomic E-state index is 10.2. The van der Waals surface area contributed by atoms with Gasteiger partial charge in [0.25, 0.3) is 0 Å². The number of likely N-dealkylation sites (tertiary alicyclic amines) is 1. The highest BCUT2D eigenvalue weighted by molar-refractivity contribution is 5.28. The van der Waals surface area contributed by atoms with Gasteiger partial charge in [0.1, 0.15) is 5.75 Å². The van der Waals surface area contributed by atoms with Crippen molar-refractivity contribution in [3.05, 3.63) is 29.8 Å². The lowest BCUT2D eigenvalue weighted by atomic mass is 9.93. The molecule has 1 N–H and O–H groups in total. The van der Waals surface area contributed by atoms with E-state index in [0.29, 0.717) is 5.41 Å². The molecule has 1 fully saturated rings. The number of hydrogen-bond donors (Lipinski definition) is 1. The highest BCUT2D eigenvalue weighted by Crippen LogP contribution is 2.30. The SMILES string of the molecule is COc1ccc(C(O)CN2CCC(C)(C)C2)cc1. The molecule has 0 aliphatic carbocycles. The van der Waals surface area contributed by atoms with Crippen molar-refractivity contribution in [2.75, 3.05) is 26.7 Å². The van der Waals surface area contributed by atoms with Crippen molar-refractivity contribution < 1.29 is 9.84 Å². The van der Waals surface area contributed by atoms with Gasteiger partial charge in [-0.2, -0.15) is 0 Å². The van der Waals surface area contributed by atoms with Crippen molar-refractivity contribution in [1.29, 1.82) is 0 Å². The molecule has 1 aromatic rings. The second-order valence-corrected chi connectivity index (χ2v) is 5.94. The first-order chi connectivity index (χ1) is 8.50. The largest absolute Gasteiger partial charge is 0.497 e. The van der Waals surface area contributed by atoms with Crippen molar-refractivity contribution in [2.45, 2.75) is 26.4 Å². The average molecular weight is 249 g/mol. The van der Waals surface area contributed by atoms with E-state index in [2.05, 4.69) is 18.7 Å². The van der Waals surface area contributed by atoms with E-state index in [1.807, 2.05) is 24.3 Å². The van der Waals surface area contributed by atoms with Crippen molar-refractivity contribution >= 4 is 0 Å². The minimum atomic E-state index is -0.412. The molecule has 1 unspecified atom stereocenters. The topological polar surface area (TPSA) is 32.7 Å². The Morgan fingerprint density at radius 3 is 2.50 bits per heavy atom. The molecule has 0 aromatic heterocycles. The number of rotatable bonds is 4. The summed E-state index contributed by atoms with van der Waals surface area (Å²) in [6.07, 6.45) is 0.798. The van der Waals surface area contributed by atoms with E-state index in [1.165, 1.54) is 6.42 Å². The zero-order chi connectivity index (χ0) is 13.2. The zero-order valence-electron chi connectivity index (χ0n) is 11.5. The van der Waals surface area contributed by atoms with E-state index in [0.717, 1.165) is 30.9 Å². The summed E-state index contributed by atoms with van der Waals surface area (Å²) in [4.78, 5) is 2.34. The number of nitrogens with zero attached hydrogens (tertiary/aromatic N) is 1. The van der Waals surface area contributed by atoms with Gasteiger partial charge < -0.3 is 9.84 Å². The average Bonchev–Trinajstić information content (AvgIpc) is 2.68. The van der Waals surface area contributed by atoms with Gasteiger partial charge in [-0.15, -0.1) is 0 Å². The van der Waals surface area contributed by atoms with Gasteiger partial charge in [0.15, 0.2) is 0 Å². The van der Waals surface area contributed by atoms with E-state index in [1.54, 1.807) is 7.11 Å². The quantitative estimate of drug-likeness (QED) is 0.889. The Hall–Kier alpha value is -1.06. The van der Waals surface area contributed by atoms with Crippen LogP contribution in [0, 0.1) is 5.41 Å². The number of β-amino-alcohol motifs (C(OH)–C–C–N with tert-alkyl or cyclic N) is 1. The summed E-state index contributed by atoms with van der Waals surface area (Å²) in [7, 11) is 1.65. The monoisotopic (exact) mass is 249 g/mol. The number of benzene rings is 1. The Morgan fingerprint density at radius 1 is 1.33 bits per heavy atom. The lowest BCUT2D eigenvalue weighted by Crippen LogP contribution is -2.28. The van der Waals surface area contributed by atoms with Gasteiger partial charge in [0, 0.05) is 13.1 Å².